The summed E-state index contributed by atoms with van der Waals surface area (Å²) in [7, 11) is 1.58. The van der Waals surface area contributed by atoms with Gasteiger partial charge in [-0.05, 0) is 25.0 Å². The molecule has 144 valence electrons. The molecule has 1 aromatic rings. The van der Waals surface area contributed by atoms with Gasteiger partial charge in [0, 0.05) is 25.6 Å². The first kappa shape index (κ1) is 20.5. The van der Waals surface area contributed by atoms with Crippen molar-refractivity contribution >= 4 is 29.9 Å². The fourth-order valence-electron chi connectivity index (χ4n) is 3.29. The number of hydrogen-bond acceptors (Lipinski definition) is 5. The van der Waals surface area contributed by atoms with Crippen LogP contribution in [0.3, 0.4) is 0 Å². The van der Waals surface area contributed by atoms with Gasteiger partial charge >= 0.3 is 0 Å². The van der Waals surface area contributed by atoms with Crippen LogP contribution in [0, 0.1) is 5.92 Å². The Labute approximate surface area is 159 Å². The monoisotopic (exact) mass is 383 g/mol. The van der Waals surface area contributed by atoms with Gasteiger partial charge in [0.2, 0.25) is 11.8 Å². The maximum Gasteiger partial charge on any atom is 0.242 e. The highest BCUT2D eigenvalue weighted by atomic mass is 35.5. The van der Waals surface area contributed by atoms with Gasteiger partial charge in [0.15, 0.2) is 0 Å². The van der Waals surface area contributed by atoms with Gasteiger partial charge in [0.05, 0.1) is 26.0 Å². The molecule has 0 saturated carbocycles. The molecule has 26 heavy (non-hydrogen) atoms. The molecule has 2 heterocycles. The number of rotatable bonds is 4. The first-order chi connectivity index (χ1) is 12.2. The topological polar surface area (TPSA) is 79.9 Å². The molecule has 1 unspecified atom stereocenters. The van der Waals surface area contributed by atoms with Gasteiger partial charge in [-0.1, -0.05) is 12.1 Å². The molecule has 0 bridgehead atoms. The van der Waals surface area contributed by atoms with Crippen LogP contribution >= 0.6 is 12.4 Å². The fraction of sp³-hybridized carbons (Fsp3) is 0.556. The van der Waals surface area contributed by atoms with Gasteiger partial charge in [0.1, 0.15) is 11.8 Å². The molecule has 2 aliphatic heterocycles. The molecular weight excluding hydrogens is 358 g/mol. The van der Waals surface area contributed by atoms with Gasteiger partial charge in [-0.15, -0.1) is 12.4 Å². The number of para-hydroxylation sites is 2. The third-order valence-electron chi connectivity index (χ3n) is 4.76. The van der Waals surface area contributed by atoms with E-state index in [2.05, 4.69) is 10.6 Å². The molecular formula is C18H26ClN3O4. The number of carbonyl (C=O) groups is 2. The summed E-state index contributed by atoms with van der Waals surface area (Å²) in [5.74, 6) is 0.607. The number of hydrogen-bond donors (Lipinski definition) is 2. The zero-order chi connectivity index (χ0) is 17.6. The molecule has 2 amide bonds. The number of piperidine rings is 1. The van der Waals surface area contributed by atoms with Gasteiger partial charge in [-0.25, -0.2) is 0 Å². The number of benzene rings is 1. The van der Waals surface area contributed by atoms with Crippen molar-refractivity contribution in [3.63, 3.8) is 0 Å². The second kappa shape index (κ2) is 9.75. The van der Waals surface area contributed by atoms with Crippen molar-refractivity contribution in [2.24, 2.45) is 5.92 Å². The fourth-order valence-corrected chi connectivity index (χ4v) is 3.29. The number of nitrogens with zero attached hydrogens (tertiary/aromatic N) is 1. The first-order valence-corrected chi connectivity index (χ1v) is 8.73. The Bertz CT molecular complexity index is 614. The molecule has 2 saturated heterocycles. The lowest BCUT2D eigenvalue weighted by atomic mass is 9.95. The molecule has 3 rings (SSSR count). The van der Waals surface area contributed by atoms with E-state index < -0.39 is 0 Å². The van der Waals surface area contributed by atoms with Crippen molar-refractivity contribution in [1.29, 1.82) is 0 Å². The smallest absolute Gasteiger partial charge is 0.242 e. The van der Waals surface area contributed by atoms with Crippen LogP contribution in [-0.2, 0) is 14.3 Å². The van der Waals surface area contributed by atoms with Crippen molar-refractivity contribution in [2.75, 3.05) is 45.3 Å². The summed E-state index contributed by atoms with van der Waals surface area (Å²) >= 11 is 0. The lowest BCUT2D eigenvalue weighted by molar-refractivity contribution is -0.139. The molecule has 1 atom stereocenters. The summed E-state index contributed by atoms with van der Waals surface area (Å²) in [6.07, 6.45) is 1.33. The Kier molecular flexibility index (Phi) is 7.68. The van der Waals surface area contributed by atoms with Crippen LogP contribution in [0.15, 0.2) is 24.3 Å². The third-order valence-corrected chi connectivity index (χ3v) is 4.76. The largest absolute Gasteiger partial charge is 0.495 e. The molecule has 1 aromatic carbocycles. The Balaban J connectivity index is 0.00000243. The maximum absolute atomic E-state index is 12.5. The van der Waals surface area contributed by atoms with Crippen LogP contribution in [0.2, 0.25) is 0 Å². The Morgan fingerprint density at radius 2 is 2.00 bits per heavy atom. The quantitative estimate of drug-likeness (QED) is 0.818. The predicted octanol–water partition coefficient (Wildman–Crippen LogP) is 1.28. The molecule has 2 fully saturated rings. The van der Waals surface area contributed by atoms with E-state index in [4.69, 9.17) is 9.47 Å². The molecule has 0 aliphatic carbocycles. The van der Waals surface area contributed by atoms with Crippen LogP contribution in [0.4, 0.5) is 5.69 Å². The summed E-state index contributed by atoms with van der Waals surface area (Å²) in [6.45, 7) is 2.97. The molecule has 7 nitrogen and oxygen atoms in total. The van der Waals surface area contributed by atoms with Crippen molar-refractivity contribution in [3.05, 3.63) is 24.3 Å². The van der Waals surface area contributed by atoms with E-state index in [0.29, 0.717) is 57.1 Å². The minimum absolute atomic E-state index is 0. The van der Waals surface area contributed by atoms with E-state index in [1.54, 1.807) is 7.11 Å². The van der Waals surface area contributed by atoms with E-state index in [1.807, 2.05) is 29.2 Å². The molecule has 0 spiro atoms. The number of halogens is 1. The van der Waals surface area contributed by atoms with E-state index in [1.165, 1.54) is 0 Å². The zero-order valence-corrected chi connectivity index (χ0v) is 15.7. The lowest BCUT2D eigenvalue weighted by Crippen LogP contribution is -2.54. The summed E-state index contributed by atoms with van der Waals surface area (Å²) < 4.78 is 10.6. The highest BCUT2D eigenvalue weighted by Gasteiger charge is 2.31. The summed E-state index contributed by atoms with van der Waals surface area (Å²) in [4.78, 5) is 26.8. The average Bonchev–Trinajstić information content (AvgIpc) is 2.68. The highest BCUT2D eigenvalue weighted by molar-refractivity contribution is 5.94. The number of carbonyl (C=O) groups excluding carboxylic acids is 2. The number of nitrogens with one attached hydrogen (secondary N) is 2. The predicted molar refractivity (Wildman–Crippen MR) is 101 cm³/mol. The van der Waals surface area contributed by atoms with Crippen LogP contribution in [-0.4, -0.2) is 62.7 Å². The van der Waals surface area contributed by atoms with Crippen LogP contribution in [0.1, 0.15) is 12.8 Å². The first-order valence-electron chi connectivity index (χ1n) is 8.73. The molecule has 8 heteroatoms. The Morgan fingerprint density at radius 3 is 2.65 bits per heavy atom. The van der Waals surface area contributed by atoms with Gasteiger partial charge in [-0.2, -0.15) is 0 Å². The van der Waals surface area contributed by atoms with Crippen molar-refractivity contribution in [3.8, 4) is 5.75 Å². The van der Waals surface area contributed by atoms with Crippen molar-refractivity contribution in [2.45, 2.75) is 18.9 Å². The van der Waals surface area contributed by atoms with Crippen molar-refractivity contribution in [1.82, 2.24) is 10.2 Å². The minimum atomic E-state index is -0.257. The number of ether oxygens (including phenoxy) is 2. The van der Waals surface area contributed by atoms with Gasteiger partial charge in [0.25, 0.3) is 0 Å². The Morgan fingerprint density at radius 1 is 1.27 bits per heavy atom. The van der Waals surface area contributed by atoms with Crippen LogP contribution < -0.4 is 15.4 Å². The zero-order valence-electron chi connectivity index (χ0n) is 14.9. The highest BCUT2D eigenvalue weighted by Crippen LogP contribution is 2.26. The second-order valence-corrected chi connectivity index (χ2v) is 6.37. The van der Waals surface area contributed by atoms with Crippen LogP contribution in [0.25, 0.3) is 0 Å². The molecule has 2 aliphatic rings. The van der Waals surface area contributed by atoms with E-state index in [0.717, 1.165) is 0 Å². The normalized spacial score (nSPS) is 20.8. The maximum atomic E-state index is 12.5. The van der Waals surface area contributed by atoms with Crippen molar-refractivity contribution < 1.29 is 19.1 Å². The number of methoxy groups -OCH3 is 1. The van der Waals surface area contributed by atoms with Gasteiger partial charge < -0.3 is 25.0 Å². The second-order valence-electron chi connectivity index (χ2n) is 6.37. The summed E-state index contributed by atoms with van der Waals surface area (Å²) in [6, 6.07) is 7.10. The van der Waals surface area contributed by atoms with Crippen LogP contribution in [0.5, 0.6) is 5.75 Å². The third kappa shape index (κ3) is 4.87. The summed E-state index contributed by atoms with van der Waals surface area (Å²) in [5.41, 5.74) is 0.678. The molecule has 0 radical (unpaired) electrons. The SMILES string of the molecule is COc1ccccc1NC(=O)C1CCN(C(=O)C2COCCN2)CC1.Cl. The number of anilines is 1. The lowest BCUT2D eigenvalue weighted by Gasteiger charge is -2.35. The average molecular weight is 384 g/mol. The summed E-state index contributed by atoms with van der Waals surface area (Å²) in [5, 5.41) is 6.12. The van der Waals surface area contributed by atoms with E-state index >= 15 is 0 Å². The van der Waals surface area contributed by atoms with E-state index in [-0.39, 0.29) is 36.2 Å². The van der Waals surface area contributed by atoms with E-state index in [9.17, 15) is 9.59 Å². The number of likely N-dealkylation sites (tertiary alicyclic amines) is 1. The minimum Gasteiger partial charge on any atom is -0.495 e. The number of morpholine rings is 1. The Hall–Kier alpha value is -1.83. The van der Waals surface area contributed by atoms with Gasteiger partial charge in [-0.3, -0.25) is 9.59 Å². The number of amides is 2. The molecule has 2 N–H and O–H groups in total. The molecule has 0 aromatic heterocycles. The standard InChI is InChI=1S/C18H25N3O4.ClH/c1-24-16-5-3-2-4-14(16)20-17(22)13-6-9-21(10-7-13)18(23)15-12-25-11-8-19-15;/h2-5,13,15,19H,6-12H2,1H3,(H,20,22);1H.